The largest absolute Gasteiger partial charge is 0.363 e. The normalized spacial score (nSPS) is 18.2. The molecule has 2 aromatic rings. The molecule has 1 saturated carbocycles. The highest BCUT2D eigenvalue weighted by molar-refractivity contribution is 5.51. The summed E-state index contributed by atoms with van der Waals surface area (Å²) in [5.74, 6) is 2.00. The number of rotatable bonds is 6. The summed E-state index contributed by atoms with van der Waals surface area (Å²) in [4.78, 5) is 31.8. The van der Waals surface area contributed by atoms with Gasteiger partial charge in [-0.3, -0.25) is 14.7 Å². The van der Waals surface area contributed by atoms with Gasteiger partial charge < -0.3 is 14.4 Å². The van der Waals surface area contributed by atoms with Crippen molar-refractivity contribution in [2.45, 2.75) is 44.3 Å². The molecule has 4 rings (SSSR count). The van der Waals surface area contributed by atoms with E-state index in [1.807, 2.05) is 26.0 Å². The van der Waals surface area contributed by atoms with Crippen molar-refractivity contribution in [3.05, 3.63) is 40.8 Å². The van der Waals surface area contributed by atoms with Crippen molar-refractivity contribution >= 4 is 11.6 Å². The summed E-state index contributed by atoms with van der Waals surface area (Å²) >= 11 is 0. The lowest BCUT2D eigenvalue weighted by Crippen LogP contribution is -2.46. The standard InChI is InChI=1S/C20H29N7O/c1-24(2)18-10-19(23-14-22-18)27(15-4-5-15)16-6-8-26(9-7-16)13-17-11-21-12-20(28)25(17)3/h10-12,14-16H,4-9,13H2,1-3H3. The number of hydrogen-bond donors (Lipinski definition) is 0. The molecule has 2 aliphatic rings. The van der Waals surface area contributed by atoms with Crippen molar-refractivity contribution in [3.63, 3.8) is 0 Å². The molecule has 0 bridgehead atoms. The predicted molar refractivity (Wildman–Crippen MR) is 110 cm³/mol. The van der Waals surface area contributed by atoms with E-state index in [2.05, 4.69) is 30.8 Å². The van der Waals surface area contributed by atoms with Crippen LogP contribution in [-0.2, 0) is 13.6 Å². The molecule has 0 atom stereocenters. The van der Waals surface area contributed by atoms with Crippen LogP contribution in [0.25, 0.3) is 0 Å². The minimum Gasteiger partial charge on any atom is -0.363 e. The Labute approximate surface area is 165 Å². The van der Waals surface area contributed by atoms with Gasteiger partial charge in [-0.15, -0.1) is 0 Å². The third-order valence-electron chi connectivity index (χ3n) is 5.81. The molecule has 1 saturated heterocycles. The lowest BCUT2D eigenvalue weighted by molar-refractivity contribution is 0.196. The quantitative estimate of drug-likeness (QED) is 0.744. The fraction of sp³-hybridized carbons (Fsp3) is 0.600. The zero-order valence-electron chi connectivity index (χ0n) is 17.0. The second kappa shape index (κ2) is 7.87. The van der Waals surface area contributed by atoms with Gasteiger partial charge in [-0.05, 0) is 25.7 Å². The molecule has 0 spiro atoms. The minimum absolute atomic E-state index is 0.0484. The van der Waals surface area contributed by atoms with Gasteiger partial charge in [0.05, 0.1) is 11.9 Å². The van der Waals surface area contributed by atoms with E-state index in [4.69, 9.17) is 0 Å². The Hall–Kier alpha value is -2.48. The Kier molecular flexibility index (Phi) is 5.30. The van der Waals surface area contributed by atoms with Crippen molar-refractivity contribution < 1.29 is 0 Å². The molecule has 1 aliphatic carbocycles. The van der Waals surface area contributed by atoms with E-state index >= 15 is 0 Å². The Morgan fingerprint density at radius 2 is 1.71 bits per heavy atom. The van der Waals surface area contributed by atoms with Gasteiger partial charge in [0.25, 0.3) is 5.56 Å². The van der Waals surface area contributed by atoms with E-state index in [1.165, 1.54) is 19.0 Å². The summed E-state index contributed by atoms with van der Waals surface area (Å²) in [5, 5.41) is 0. The molecule has 8 heteroatoms. The van der Waals surface area contributed by atoms with E-state index in [9.17, 15) is 4.79 Å². The third-order valence-corrected chi connectivity index (χ3v) is 5.81. The van der Waals surface area contributed by atoms with Gasteiger partial charge in [0, 0.05) is 65.1 Å². The SMILES string of the molecule is CN(C)c1cc(N(C2CC2)C2CCN(Cc3cncc(=O)n3C)CC2)ncn1. The average molecular weight is 384 g/mol. The summed E-state index contributed by atoms with van der Waals surface area (Å²) in [6.07, 6.45) is 9.55. The summed E-state index contributed by atoms with van der Waals surface area (Å²) in [5.41, 5.74) is 0.921. The van der Waals surface area contributed by atoms with E-state index in [0.717, 1.165) is 49.8 Å². The zero-order chi connectivity index (χ0) is 19.7. The third kappa shape index (κ3) is 4.01. The number of anilines is 2. The van der Waals surface area contributed by atoms with Gasteiger partial charge in [0.2, 0.25) is 0 Å². The van der Waals surface area contributed by atoms with Crippen LogP contribution >= 0.6 is 0 Å². The molecule has 0 amide bonds. The molecular formula is C20H29N7O. The van der Waals surface area contributed by atoms with Crippen LogP contribution in [0, 0.1) is 0 Å². The number of piperidine rings is 1. The monoisotopic (exact) mass is 383 g/mol. The van der Waals surface area contributed by atoms with Crippen molar-refractivity contribution in [2.24, 2.45) is 7.05 Å². The van der Waals surface area contributed by atoms with Crippen LogP contribution in [0.4, 0.5) is 11.6 Å². The van der Waals surface area contributed by atoms with Crippen LogP contribution in [0.15, 0.2) is 29.6 Å². The maximum absolute atomic E-state index is 11.8. The highest BCUT2D eigenvalue weighted by atomic mass is 16.1. The summed E-state index contributed by atoms with van der Waals surface area (Å²) in [7, 11) is 5.84. The highest BCUT2D eigenvalue weighted by Crippen LogP contribution is 2.36. The average Bonchev–Trinajstić information content (AvgIpc) is 3.52. The molecule has 150 valence electrons. The van der Waals surface area contributed by atoms with Crippen LogP contribution < -0.4 is 15.4 Å². The predicted octanol–water partition coefficient (Wildman–Crippen LogP) is 1.27. The van der Waals surface area contributed by atoms with E-state index in [1.54, 1.807) is 17.1 Å². The van der Waals surface area contributed by atoms with Gasteiger partial charge in [-0.25, -0.2) is 9.97 Å². The summed E-state index contributed by atoms with van der Waals surface area (Å²) in [6, 6.07) is 3.22. The molecule has 8 nitrogen and oxygen atoms in total. The molecule has 1 aliphatic heterocycles. The minimum atomic E-state index is -0.0484. The van der Waals surface area contributed by atoms with Crippen molar-refractivity contribution in [1.82, 2.24) is 24.4 Å². The molecule has 28 heavy (non-hydrogen) atoms. The van der Waals surface area contributed by atoms with Gasteiger partial charge in [-0.1, -0.05) is 0 Å². The van der Waals surface area contributed by atoms with Crippen LogP contribution in [0.2, 0.25) is 0 Å². The Balaban J connectivity index is 1.43. The Morgan fingerprint density at radius 1 is 1.04 bits per heavy atom. The molecule has 0 N–H and O–H groups in total. The van der Waals surface area contributed by atoms with Gasteiger partial charge in [0.15, 0.2) is 0 Å². The lowest BCUT2D eigenvalue weighted by Gasteiger charge is -2.39. The molecular weight excluding hydrogens is 354 g/mol. The van der Waals surface area contributed by atoms with Crippen LogP contribution in [0.5, 0.6) is 0 Å². The summed E-state index contributed by atoms with van der Waals surface area (Å²) in [6.45, 7) is 2.80. The first kappa shape index (κ1) is 18.9. The second-order valence-electron chi connectivity index (χ2n) is 8.07. The molecule has 2 aromatic heterocycles. The van der Waals surface area contributed by atoms with E-state index < -0.39 is 0 Å². The van der Waals surface area contributed by atoms with Gasteiger partial charge in [-0.2, -0.15) is 0 Å². The Bertz CT molecular complexity index is 869. The number of nitrogens with zero attached hydrogens (tertiary/aromatic N) is 7. The van der Waals surface area contributed by atoms with Gasteiger partial charge in [0.1, 0.15) is 18.0 Å². The first-order valence-corrected chi connectivity index (χ1v) is 10.0. The smallest absolute Gasteiger partial charge is 0.268 e. The first-order valence-electron chi connectivity index (χ1n) is 10.0. The Morgan fingerprint density at radius 3 is 2.39 bits per heavy atom. The maximum atomic E-state index is 11.8. The number of hydrogen-bond acceptors (Lipinski definition) is 7. The molecule has 3 heterocycles. The molecule has 0 unspecified atom stereocenters. The van der Waals surface area contributed by atoms with Crippen LogP contribution in [-0.4, -0.2) is 63.7 Å². The first-order chi connectivity index (χ1) is 13.5. The maximum Gasteiger partial charge on any atom is 0.268 e. The fourth-order valence-electron chi connectivity index (χ4n) is 3.98. The highest BCUT2D eigenvalue weighted by Gasteiger charge is 2.36. The van der Waals surface area contributed by atoms with Crippen molar-refractivity contribution in [3.8, 4) is 0 Å². The lowest BCUT2D eigenvalue weighted by atomic mass is 10.0. The summed E-state index contributed by atoms with van der Waals surface area (Å²) < 4.78 is 1.69. The van der Waals surface area contributed by atoms with E-state index in [0.29, 0.717) is 12.1 Å². The van der Waals surface area contributed by atoms with Crippen molar-refractivity contribution in [2.75, 3.05) is 37.0 Å². The van der Waals surface area contributed by atoms with Crippen LogP contribution in [0.3, 0.4) is 0 Å². The van der Waals surface area contributed by atoms with Crippen LogP contribution in [0.1, 0.15) is 31.4 Å². The number of aromatic nitrogens is 4. The zero-order valence-corrected chi connectivity index (χ0v) is 17.0. The van der Waals surface area contributed by atoms with Crippen molar-refractivity contribution in [1.29, 1.82) is 0 Å². The molecule has 0 aromatic carbocycles. The van der Waals surface area contributed by atoms with Gasteiger partial charge >= 0.3 is 0 Å². The topological polar surface area (TPSA) is 70.4 Å². The van der Waals surface area contributed by atoms with E-state index in [-0.39, 0.29) is 5.56 Å². The number of likely N-dealkylation sites (tertiary alicyclic amines) is 1. The molecule has 2 fully saturated rings. The second-order valence-corrected chi connectivity index (χ2v) is 8.07. The molecule has 0 radical (unpaired) electrons. The fourth-order valence-corrected chi connectivity index (χ4v) is 3.98.